The minimum absolute atomic E-state index is 0.0765. The van der Waals surface area contributed by atoms with Crippen molar-refractivity contribution in [2.45, 2.75) is 50.7 Å². The fourth-order valence-electron chi connectivity index (χ4n) is 4.86. The predicted octanol–water partition coefficient (Wildman–Crippen LogP) is 3.34. The number of hydrogen-bond donors (Lipinski definition) is 1. The molecule has 1 amide bonds. The summed E-state index contributed by atoms with van der Waals surface area (Å²) in [4.78, 5) is 27.8. The molecule has 9 heteroatoms. The van der Waals surface area contributed by atoms with E-state index < -0.39 is 12.2 Å². The summed E-state index contributed by atoms with van der Waals surface area (Å²) < 4.78 is 30.0. The van der Waals surface area contributed by atoms with Gasteiger partial charge in [0.15, 0.2) is 11.5 Å². The smallest absolute Gasteiger partial charge is 0.387 e. The first-order valence-corrected chi connectivity index (χ1v) is 10.3. The monoisotopic (exact) mass is 429 g/mol. The van der Waals surface area contributed by atoms with Crippen molar-refractivity contribution in [3.8, 4) is 5.75 Å². The number of aryl methyl sites for hydroxylation is 1. The lowest BCUT2D eigenvalue weighted by atomic mass is 9.67. The van der Waals surface area contributed by atoms with Crippen LogP contribution in [0.25, 0.3) is 0 Å². The van der Waals surface area contributed by atoms with E-state index in [2.05, 4.69) is 19.7 Å². The maximum absolute atomic E-state index is 13.5. The molecule has 0 bridgehead atoms. The van der Waals surface area contributed by atoms with Crippen LogP contribution in [0.15, 0.2) is 41.9 Å². The van der Waals surface area contributed by atoms with Crippen molar-refractivity contribution in [3.05, 3.63) is 53.6 Å². The molecular formula is C22H25F2N5O2. The molecule has 2 heterocycles. The van der Waals surface area contributed by atoms with Crippen LogP contribution in [0.3, 0.4) is 0 Å². The zero-order chi connectivity index (χ0) is 22.2. The number of halogens is 2. The summed E-state index contributed by atoms with van der Waals surface area (Å²) in [6.07, 6.45) is 8.54. The summed E-state index contributed by atoms with van der Waals surface area (Å²) in [6.45, 7) is -1.24. The van der Waals surface area contributed by atoms with Crippen LogP contribution >= 0.6 is 0 Å². The Kier molecular flexibility index (Phi) is 5.60. The number of benzene rings is 1. The number of amides is 1. The quantitative estimate of drug-likeness (QED) is 0.787. The average molecular weight is 429 g/mol. The van der Waals surface area contributed by atoms with Crippen molar-refractivity contribution in [2.75, 3.05) is 7.05 Å². The van der Waals surface area contributed by atoms with E-state index in [0.717, 1.165) is 31.2 Å². The van der Waals surface area contributed by atoms with Gasteiger partial charge >= 0.3 is 6.61 Å². The highest BCUT2D eigenvalue weighted by Gasteiger charge is 2.54. The number of rotatable bonds is 5. The van der Waals surface area contributed by atoms with Crippen molar-refractivity contribution >= 4 is 11.9 Å². The van der Waals surface area contributed by atoms with E-state index in [1.54, 1.807) is 26.1 Å². The van der Waals surface area contributed by atoms with Gasteiger partial charge in [-0.05, 0) is 66.8 Å². The topological polar surface area (TPSA) is 93.7 Å². The zero-order valence-corrected chi connectivity index (χ0v) is 17.5. The third kappa shape index (κ3) is 3.73. The van der Waals surface area contributed by atoms with E-state index in [-0.39, 0.29) is 29.5 Å². The van der Waals surface area contributed by atoms with E-state index in [1.165, 1.54) is 17.3 Å². The van der Waals surface area contributed by atoms with Gasteiger partial charge in [0.25, 0.3) is 5.91 Å². The molecule has 0 saturated heterocycles. The van der Waals surface area contributed by atoms with Gasteiger partial charge in [-0.1, -0.05) is 12.5 Å². The average Bonchev–Trinajstić information content (AvgIpc) is 3.00. The highest BCUT2D eigenvalue weighted by Crippen LogP contribution is 2.49. The summed E-state index contributed by atoms with van der Waals surface area (Å²) >= 11 is 0. The zero-order valence-electron chi connectivity index (χ0n) is 17.5. The lowest BCUT2D eigenvalue weighted by Crippen LogP contribution is -2.46. The Morgan fingerprint density at radius 1 is 1.26 bits per heavy atom. The SMILES string of the molecule is Cc1cc(C2(C3CCCC(c4cncnc4)C3)N=C(N)N(C)C2=O)ccc1OC(F)F. The van der Waals surface area contributed by atoms with Crippen molar-refractivity contribution < 1.29 is 18.3 Å². The molecule has 7 nitrogen and oxygen atoms in total. The van der Waals surface area contributed by atoms with Crippen molar-refractivity contribution in [1.29, 1.82) is 0 Å². The van der Waals surface area contributed by atoms with Gasteiger partial charge in [-0.2, -0.15) is 8.78 Å². The Labute approximate surface area is 179 Å². The van der Waals surface area contributed by atoms with Crippen molar-refractivity contribution in [2.24, 2.45) is 16.6 Å². The first-order chi connectivity index (χ1) is 14.8. The molecule has 1 aliphatic heterocycles. The van der Waals surface area contributed by atoms with Gasteiger partial charge in [-0.15, -0.1) is 0 Å². The summed E-state index contributed by atoms with van der Waals surface area (Å²) in [5.41, 5.74) is 7.07. The maximum Gasteiger partial charge on any atom is 0.387 e. The fourth-order valence-corrected chi connectivity index (χ4v) is 4.86. The predicted molar refractivity (Wildman–Crippen MR) is 111 cm³/mol. The molecule has 0 radical (unpaired) electrons. The van der Waals surface area contributed by atoms with Crippen LogP contribution in [-0.2, 0) is 10.3 Å². The minimum atomic E-state index is -2.92. The molecular weight excluding hydrogens is 404 g/mol. The van der Waals surface area contributed by atoms with E-state index >= 15 is 0 Å². The number of aromatic nitrogens is 2. The normalized spacial score (nSPS) is 26.3. The lowest BCUT2D eigenvalue weighted by molar-refractivity contribution is -0.133. The second kappa shape index (κ2) is 8.20. The largest absolute Gasteiger partial charge is 0.435 e. The molecule has 1 fully saturated rings. The van der Waals surface area contributed by atoms with Crippen molar-refractivity contribution in [1.82, 2.24) is 14.9 Å². The minimum Gasteiger partial charge on any atom is -0.435 e. The van der Waals surface area contributed by atoms with Crippen LogP contribution in [0.4, 0.5) is 8.78 Å². The summed E-state index contributed by atoms with van der Waals surface area (Å²) in [5.74, 6) is 0.119. The van der Waals surface area contributed by atoms with Crippen LogP contribution in [0.5, 0.6) is 5.75 Å². The number of nitrogens with two attached hydrogens (primary N) is 1. The van der Waals surface area contributed by atoms with E-state index in [4.69, 9.17) is 5.73 Å². The first-order valence-electron chi connectivity index (χ1n) is 10.3. The second-order valence-electron chi connectivity index (χ2n) is 8.19. The van der Waals surface area contributed by atoms with Crippen molar-refractivity contribution in [3.63, 3.8) is 0 Å². The number of ether oxygens (including phenoxy) is 1. The number of alkyl halides is 2. The number of hydrogen-bond acceptors (Lipinski definition) is 6. The first kappa shape index (κ1) is 21.1. The van der Waals surface area contributed by atoms with Gasteiger partial charge in [0.1, 0.15) is 12.1 Å². The number of nitrogens with zero attached hydrogens (tertiary/aromatic N) is 4. The van der Waals surface area contributed by atoms with Crippen LogP contribution < -0.4 is 10.5 Å². The molecule has 1 aliphatic carbocycles. The molecule has 31 heavy (non-hydrogen) atoms. The molecule has 1 aromatic heterocycles. The Balaban J connectivity index is 1.75. The Bertz CT molecular complexity index is 1000. The number of likely N-dealkylation sites (N-methyl/N-ethyl adjacent to an activating group) is 1. The molecule has 2 N–H and O–H groups in total. The number of aliphatic imine (C=N–C) groups is 1. The fraction of sp³-hybridized carbons (Fsp3) is 0.455. The van der Waals surface area contributed by atoms with Gasteiger partial charge in [-0.3, -0.25) is 9.69 Å². The molecule has 2 aromatic rings. The highest BCUT2D eigenvalue weighted by atomic mass is 19.3. The Morgan fingerprint density at radius 2 is 2.00 bits per heavy atom. The van der Waals surface area contributed by atoms with Crippen LogP contribution in [0.1, 0.15) is 48.3 Å². The van der Waals surface area contributed by atoms with E-state index in [0.29, 0.717) is 11.1 Å². The van der Waals surface area contributed by atoms with Crippen LogP contribution in [0, 0.1) is 12.8 Å². The van der Waals surface area contributed by atoms with Gasteiger partial charge in [0.05, 0.1) is 0 Å². The van der Waals surface area contributed by atoms with Gasteiger partial charge < -0.3 is 10.5 Å². The third-order valence-corrected chi connectivity index (χ3v) is 6.41. The number of guanidine groups is 1. The Hall–Kier alpha value is -3.10. The standard InChI is InChI=1S/C22H25F2N5O2/c1-13-8-17(6-7-18(13)31-20(23)24)22(19(30)29(2)21(25)28-22)16-5-3-4-14(9-16)15-10-26-12-27-11-15/h6-8,10-12,14,16,20H,3-5,9H2,1-2H3,(H2,25,28). The number of carbonyl (C=O) groups is 1. The molecule has 164 valence electrons. The van der Waals surface area contributed by atoms with E-state index in [1.807, 2.05) is 12.4 Å². The summed E-state index contributed by atoms with van der Waals surface area (Å²) in [7, 11) is 1.61. The summed E-state index contributed by atoms with van der Waals surface area (Å²) in [6, 6.07) is 4.83. The number of carbonyl (C=O) groups excluding carboxylic acids is 1. The van der Waals surface area contributed by atoms with Crippen LogP contribution in [0.2, 0.25) is 0 Å². The molecule has 3 atom stereocenters. The maximum atomic E-state index is 13.5. The van der Waals surface area contributed by atoms with Gasteiger partial charge in [0, 0.05) is 19.4 Å². The molecule has 4 rings (SSSR count). The molecule has 3 unspecified atom stereocenters. The summed E-state index contributed by atoms with van der Waals surface area (Å²) in [5, 5.41) is 0. The highest BCUT2D eigenvalue weighted by molar-refractivity contribution is 6.07. The lowest BCUT2D eigenvalue weighted by Gasteiger charge is -2.39. The van der Waals surface area contributed by atoms with Gasteiger partial charge in [0.2, 0.25) is 0 Å². The molecule has 1 saturated carbocycles. The Morgan fingerprint density at radius 3 is 2.61 bits per heavy atom. The third-order valence-electron chi connectivity index (χ3n) is 6.41. The molecule has 0 spiro atoms. The van der Waals surface area contributed by atoms with Gasteiger partial charge in [-0.25, -0.2) is 15.0 Å². The molecule has 1 aromatic carbocycles. The second-order valence-corrected chi connectivity index (χ2v) is 8.19. The van der Waals surface area contributed by atoms with E-state index in [9.17, 15) is 13.6 Å². The molecule has 2 aliphatic rings. The van der Waals surface area contributed by atoms with Crippen LogP contribution in [-0.4, -0.2) is 40.4 Å².